The quantitative estimate of drug-likeness (QED) is 0.286. The van der Waals surface area contributed by atoms with E-state index in [-0.39, 0.29) is 5.91 Å². The summed E-state index contributed by atoms with van der Waals surface area (Å²) in [5, 5.41) is 11.2. The van der Waals surface area contributed by atoms with E-state index in [4.69, 9.17) is 4.52 Å². The number of thioether (sulfide) groups is 1. The van der Waals surface area contributed by atoms with E-state index in [9.17, 15) is 4.79 Å². The van der Waals surface area contributed by atoms with Crippen LogP contribution in [0.1, 0.15) is 33.1 Å². The Balaban J connectivity index is 1.36. The summed E-state index contributed by atoms with van der Waals surface area (Å²) in [4.78, 5) is 25.6. The number of aromatic nitrogens is 4. The lowest BCUT2D eigenvalue weighted by molar-refractivity contribution is 0.102. The maximum Gasteiger partial charge on any atom is 0.260 e. The molecule has 0 unspecified atom stereocenters. The number of carbonyl (C=O) groups excluding carboxylic acids is 1. The van der Waals surface area contributed by atoms with Crippen LogP contribution in [0.2, 0.25) is 0 Å². The Hall–Kier alpha value is -3.43. The van der Waals surface area contributed by atoms with Crippen LogP contribution in [-0.4, -0.2) is 26.0 Å². The molecule has 9 heteroatoms. The van der Waals surface area contributed by atoms with Gasteiger partial charge in [-0.3, -0.25) is 10.1 Å². The van der Waals surface area contributed by atoms with E-state index in [1.165, 1.54) is 23.1 Å². The second-order valence-corrected chi connectivity index (χ2v) is 9.43. The summed E-state index contributed by atoms with van der Waals surface area (Å²) in [5.41, 5.74) is 6.39. The molecule has 0 radical (unpaired) electrons. The first-order valence-electron chi connectivity index (χ1n) is 10.4. The van der Waals surface area contributed by atoms with Gasteiger partial charge in [0.2, 0.25) is 0 Å². The smallest absolute Gasteiger partial charge is 0.260 e. The van der Waals surface area contributed by atoms with Crippen LogP contribution in [0, 0.1) is 20.8 Å². The highest BCUT2D eigenvalue weighted by Crippen LogP contribution is 2.34. The summed E-state index contributed by atoms with van der Waals surface area (Å²) in [6.07, 6.45) is 1.69. The molecule has 166 valence electrons. The number of pyridine rings is 1. The number of anilines is 1. The number of amides is 1. The molecule has 2 N–H and O–H groups in total. The summed E-state index contributed by atoms with van der Waals surface area (Å²) in [6, 6.07) is 11.7. The zero-order valence-corrected chi connectivity index (χ0v) is 19.9. The average Bonchev–Trinajstić information content (AvgIpc) is 3.49. The fourth-order valence-electron chi connectivity index (χ4n) is 3.74. The predicted octanol–water partition coefficient (Wildman–Crippen LogP) is 6.14. The molecule has 4 heterocycles. The first-order valence-corrected chi connectivity index (χ1v) is 12.2. The van der Waals surface area contributed by atoms with Crippen molar-refractivity contribution in [2.45, 2.75) is 31.6 Å². The monoisotopic (exact) mass is 475 g/mol. The zero-order valence-electron chi connectivity index (χ0n) is 18.3. The maximum atomic E-state index is 13.1. The van der Waals surface area contributed by atoms with E-state index in [1.54, 1.807) is 18.3 Å². The zero-order chi connectivity index (χ0) is 22.9. The van der Waals surface area contributed by atoms with E-state index in [2.05, 4.69) is 31.5 Å². The maximum absolute atomic E-state index is 13.1. The second kappa shape index (κ2) is 8.84. The molecule has 0 spiro atoms. The number of nitrogens with zero attached hydrogens (tertiary/aromatic N) is 3. The van der Waals surface area contributed by atoms with Crippen molar-refractivity contribution in [3.05, 3.63) is 76.3 Å². The van der Waals surface area contributed by atoms with Crippen LogP contribution >= 0.6 is 23.1 Å². The van der Waals surface area contributed by atoms with E-state index >= 15 is 0 Å². The molecule has 0 aliphatic carbocycles. The third-order valence-corrected chi connectivity index (χ3v) is 7.21. The molecule has 0 saturated carbocycles. The topological polar surface area (TPSA) is 96.7 Å². The lowest BCUT2D eigenvalue weighted by Crippen LogP contribution is -2.13. The van der Waals surface area contributed by atoms with E-state index < -0.39 is 0 Å². The van der Waals surface area contributed by atoms with Gasteiger partial charge in [-0.15, -0.1) is 23.1 Å². The molecule has 7 nitrogen and oxygen atoms in total. The SMILES string of the molecule is Cc1noc(C)c1CSc1ncccc1C(=O)Nc1nc(-c2c(C)[nH]c3ccccc23)cs1. The molecule has 5 aromatic rings. The first-order chi connectivity index (χ1) is 16.0. The number of aryl methyl sites for hydroxylation is 3. The van der Waals surface area contributed by atoms with Crippen molar-refractivity contribution in [1.82, 2.24) is 20.1 Å². The molecule has 5 rings (SSSR count). The number of para-hydroxylation sites is 1. The number of benzene rings is 1. The van der Waals surface area contributed by atoms with Crippen molar-refractivity contribution in [2.24, 2.45) is 0 Å². The third kappa shape index (κ3) is 4.17. The Morgan fingerprint density at radius 1 is 1.18 bits per heavy atom. The van der Waals surface area contributed by atoms with Gasteiger partial charge in [0.25, 0.3) is 5.91 Å². The van der Waals surface area contributed by atoms with Gasteiger partial charge in [0, 0.05) is 45.1 Å². The van der Waals surface area contributed by atoms with Crippen molar-refractivity contribution in [3.63, 3.8) is 0 Å². The molecule has 0 atom stereocenters. The van der Waals surface area contributed by atoms with Crippen LogP contribution in [0.3, 0.4) is 0 Å². The van der Waals surface area contributed by atoms with Crippen molar-refractivity contribution in [3.8, 4) is 11.3 Å². The Bertz CT molecular complexity index is 1450. The molecule has 0 aliphatic rings. The molecule has 1 aromatic carbocycles. The Morgan fingerprint density at radius 3 is 2.85 bits per heavy atom. The predicted molar refractivity (Wildman–Crippen MR) is 132 cm³/mol. The van der Waals surface area contributed by atoms with E-state index in [1.807, 2.05) is 44.4 Å². The standard InChI is InChI=1S/C24H21N5O2S2/c1-13-18(15(3)31-29-13)11-32-23-17(8-6-10-25-23)22(30)28-24-27-20(12-33-24)21-14(2)26-19-9-5-4-7-16(19)21/h4-10,12,26H,11H2,1-3H3,(H,27,28,30). The highest BCUT2D eigenvalue weighted by atomic mass is 32.2. The third-order valence-electron chi connectivity index (χ3n) is 5.42. The number of nitrogens with one attached hydrogen (secondary N) is 2. The summed E-state index contributed by atoms with van der Waals surface area (Å²) in [7, 11) is 0. The van der Waals surface area contributed by atoms with Crippen LogP contribution in [0.5, 0.6) is 0 Å². The minimum absolute atomic E-state index is 0.235. The van der Waals surface area contributed by atoms with Gasteiger partial charge in [-0.25, -0.2) is 9.97 Å². The number of H-pyrrole nitrogens is 1. The summed E-state index contributed by atoms with van der Waals surface area (Å²) in [5.74, 6) is 1.17. The summed E-state index contributed by atoms with van der Waals surface area (Å²) in [6.45, 7) is 5.83. The fraction of sp³-hybridized carbons (Fsp3) is 0.167. The van der Waals surface area contributed by atoms with Gasteiger partial charge in [-0.1, -0.05) is 23.4 Å². The highest BCUT2D eigenvalue weighted by Gasteiger charge is 2.18. The average molecular weight is 476 g/mol. The second-order valence-electron chi connectivity index (χ2n) is 7.61. The Morgan fingerprint density at radius 2 is 2.03 bits per heavy atom. The van der Waals surface area contributed by atoms with Gasteiger partial charge in [-0.05, 0) is 39.0 Å². The molecule has 4 aromatic heterocycles. The molecule has 0 saturated heterocycles. The summed E-state index contributed by atoms with van der Waals surface area (Å²) < 4.78 is 5.24. The van der Waals surface area contributed by atoms with Gasteiger partial charge >= 0.3 is 0 Å². The van der Waals surface area contributed by atoms with Gasteiger partial charge in [0.15, 0.2) is 5.13 Å². The van der Waals surface area contributed by atoms with Crippen molar-refractivity contribution in [1.29, 1.82) is 0 Å². The minimum Gasteiger partial charge on any atom is -0.361 e. The molecule has 33 heavy (non-hydrogen) atoms. The van der Waals surface area contributed by atoms with Gasteiger partial charge in [-0.2, -0.15) is 0 Å². The molecule has 1 amide bonds. The van der Waals surface area contributed by atoms with Crippen molar-refractivity contribution >= 4 is 45.0 Å². The normalized spacial score (nSPS) is 11.2. The number of hydrogen-bond donors (Lipinski definition) is 2. The van der Waals surface area contributed by atoms with Gasteiger partial charge in [0.1, 0.15) is 10.8 Å². The lowest BCUT2D eigenvalue weighted by atomic mass is 10.1. The number of hydrogen-bond acceptors (Lipinski definition) is 7. The van der Waals surface area contributed by atoms with E-state index in [0.29, 0.717) is 21.5 Å². The highest BCUT2D eigenvalue weighted by molar-refractivity contribution is 7.98. The minimum atomic E-state index is -0.235. The fourth-order valence-corrected chi connectivity index (χ4v) is 5.59. The van der Waals surface area contributed by atoms with Crippen LogP contribution < -0.4 is 5.32 Å². The van der Waals surface area contributed by atoms with Crippen molar-refractivity contribution in [2.75, 3.05) is 5.32 Å². The lowest BCUT2D eigenvalue weighted by Gasteiger charge is -2.07. The molecular weight excluding hydrogens is 454 g/mol. The first kappa shape index (κ1) is 21.4. The number of fused-ring (bicyclic) bond motifs is 1. The molecule has 0 aliphatic heterocycles. The largest absolute Gasteiger partial charge is 0.361 e. The van der Waals surface area contributed by atoms with E-state index in [0.717, 1.165) is 44.9 Å². The number of rotatable bonds is 6. The van der Waals surface area contributed by atoms with Gasteiger partial charge < -0.3 is 9.51 Å². The number of carbonyl (C=O) groups is 1. The molecule has 0 bridgehead atoms. The van der Waals surface area contributed by atoms with Crippen LogP contribution in [-0.2, 0) is 5.75 Å². The Kier molecular flexibility index (Phi) is 5.74. The van der Waals surface area contributed by atoms with Crippen molar-refractivity contribution < 1.29 is 9.32 Å². The van der Waals surface area contributed by atoms with Crippen LogP contribution in [0.4, 0.5) is 5.13 Å². The molecular formula is C24H21N5O2S2. The molecule has 0 fully saturated rings. The van der Waals surface area contributed by atoms with Gasteiger partial charge in [0.05, 0.1) is 17.0 Å². The van der Waals surface area contributed by atoms with Crippen LogP contribution in [0.25, 0.3) is 22.2 Å². The van der Waals surface area contributed by atoms with Crippen LogP contribution in [0.15, 0.2) is 57.5 Å². The number of thiazole rings is 1. The number of aromatic amines is 1. The Labute approximate surface area is 198 Å². The summed E-state index contributed by atoms with van der Waals surface area (Å²) >= 11 is 2.89.